The van der Waals surface area contributed by atoms with Crippen LogP contribution in [0.15, 0.2) is 48.7 Å². The molecule has 0 aliphatic carbocycles. The van der Waals surface area contributed by atoms with E-state index in [0.29, 0.717) is 37.4 Å². The molecule has 30 heavy (non-hydrogen) atoms. The maximum absolute atomic E-state index is 12.5. The summed E-state index contributed by atoms with van der Waals surface area (Å²) in [4.78, 5) is 44.5. The van der Waals surface area contributed by atoms with Crippen LogP contribution >= 0.6 is 0 Å². The first kappa shape index (κ1) is 21.1. The average Bonchev–Trinajstić information content (AvgIpc) is 2.79. The molecule has 1 unspecified atom stereocenters. The normalized spacial score (nSPS) is 14.6. The first-order valence-corrected chi connectivity index (χ1v) is 9.68. The summed E-state index contributed by atoms with van der Waals surface area (Å²) in [7, 11) is 1.31. The smallest absolute Gasteiger partial charge is 0.337 e. The minimum absolute atomic E-state index is 0.278. The van der Waals surface area contributed by atoms with Gasteiger partial charge in [-0.2, -0.15) is 0 Å². The van der Waals surface area contributed by atoms with Gasteiger partial charge in [0, 0.05) is 38.1 Å². The topological polar surface area (TPSA) is 104 Å². The third kappa shape index (κ3) is 5.25. The highest BCUT2D eigenvalue weighted by molar-refractivity contribution is 5.97. The van der Waals surface area contributed by atoms with Crippen LogP contribution in [0.5, 0.6) is 0 Å². The lowest BCUT2D eigenvalue weighted by molar-refractivity contribution is -0.117. The van der Waals surface area contributed by atoms with E-state index in [2.05, 4.69) is 25.3 Å². The van der Waals surface area contributed by atoms with Gasteiger partial charge in [0.1, 0.15) is 11.9 Å². The molecule has 1 aromatic carbocycles. The molecule has 0 saturated carbocycles. The zero-order valence-corrected chi connectivity index (χ0v) is 17.0. The van der Waals surface area contributed by atoms with E-state index in [4.69, 9.17) is 0 Å². The van der Waals surface area contributed by atoms with Gasteiger partial charge in [-0.1, -0.05) is 6.07 Å². The number of esters is 1. The number of carbonyl (C=O) groups is 3. The van der Waals surface area contributed by atoms with E-state index in [1.165, 1.54) is 7.11 Å². The Kier molecular flexibility index (Phi) is 6.84. The van der Waals surface area contributed by atoms with E-state index in [0.717, 1.165) is 5.82 Å². The van der Waals surface area contributed by atoms with Crippen molar-refractivity contribution >= 4 is 29.4 Å². The van der Waals surface area contributed by atoms with Crippen LogP contribution in [0.3, 0.4) is 0 Å². The maximum Gasteiger partial charge on any atom is 0.337 e. The number of ether oxygens (including phenoxy) is 1. The fourth-order valence-electron chi connectivity index (χ4n) is 3.08. The molecule has 1 atom stereocenters. The molecule has 2 aromatic rings. The van der Waals surface area contributed by atoms with Crippen molar-refractivity contribution in [2.45, 2.75) is 13.0 Å². The van der Waals surface area contributed by atoms with Crippen LogP contribution in [0.25, 0.3) is 0 Å². The lowest BCUT2D eigenvalue weighted by Gasteiger charge is -2.35. The van der Waals surface area contributed by atoms with Crippen LogP contribution in [0.1, 0.15) is 17.3 Å². The third-order valence-corrected chi connectivity index (χ3v) is 4.85. The molecule has 3 amide bonds. The van der Waals surface area contributed by atoms with Crippen molar-refractivity contribution in [3.05, 3.63) is 54.2 Å². The molecule has 9 heteroatoms. The van der Waals surface area contributed by atoms with Crippen molar-refractivity contribution in [1.29, 1.82) is 0 Å². The highest BCUT2D eigenvalue weighted by Gasteiger charge is 2.24. The molecule has 1 fully saturated rings. The molecule has 1 saturated heterocycles. The van der Waals surface area contributed by atoms with Gasteiger partial charge in [0.2, 0.25) is 5.91 Å². The maximum atomic E-state index is 12.5. The largest absolute Gasteiger partial charge is 0.465 e. The number of nitrogens with one attached hydrogen (secondary N) is 2. The van der Waals surface area contributed by atoms with E-state index >= 15 is 0 Å². The molecule has 3 rings (SSSR count). The van der Waals surface area contributed by atoms with Crippen LogP contribution in [0.4, 0.5) is 16.3 Å². The molecular formula is C21H25N5O4. The summed E-state index contributed by atoms with van der Waals surface area (Å²) < 4.78 is 4.64. The fraction of sp³-hybridized carbons (Fsp3) is 0.333. The van der Waals surface area contributed by atoms with Crippen LogP contribution in [-0.2, 0) is 9.53 Å². The number of nitrogens with zero attached hydrogens (tertiary/aromatic N) is 3. The van der Waals surface area contributed by atoms with Gasteiger partial charge in [0.05, 0.1) is 12.7 Å². The number of benzene rings is 1. The van der Waals surface area contributed by atoms with Gasteiger partial charge in [0.25, 0.3) is 0 Å². The predicted octanol–water partition coefficient (Wildman–Crippen LogP) is 1.73. The summed E-state index contributed by atoms with van der Waals surface area (Å²) in [6, 6.07) is 11.1. The number of carbonyl (C=O) groups excluding carboxylic acids is 3. The van der Waals surface area contributed by atoms with Crippen LogP contribution < -0.4 is 15.5 Å². The predicted molar refractivity (Wildman–Crippen MR) is 112 cm³/mol. The van der Waals surface area contributed by atoms with Gasteiger partial charge in [0.15, 0.2) is 0 Å². The third-order valence-electron chi connectivity index (χ3n) is 4.85. The fourth-order valence-corrected chi connectivity index (χ4v) is 3.08. The molecule has 2 heterocycles. The lowest BCUT2D eigenvalue weighted by atomic mass is 10.2. The summed E-state index contributed by atoms with van der Waals surface area (Å²) >= 11 is 0. The molecule has 0 bridgehead atoms. The van der Waals surface area contributed by atoms with Crippen LogP contribution in [0.2, 0.25) is 0 Å². The number of aromatic nitrogens is 1. The van der Waals surface area contributed by atoms with Gasteiger partial charge in [-0.05, 0) is 43.3 Å². The Morgan fingerprint density at radius 3 is 2.33 bits per heavy atom. The van der Waals surface area contributed by atoms with E-state index < -0.39 is 12.0 Å². The van der Waals surface area contributed by atoms with Gasteiger partial charge >= 0.3 is 12.0 Å². The summed E-state index contributed by atoms with van der Waals surface area (Å²) in [5.41, 5.74) is 0.916. The number of rotatable bonds is 5. The summed E-state index contributed by atoms with van der Waals surface area (Å²) in [5.74, 6) is 0.0986. The number of anilines is 2. The Balaban J connectivity index is 1.47. The number of amides is 3. The zero-order valence-electron chi connectivity index (χ0n) is 17.0. The number of methoxy groups -OCH3 is 1. The van der Waals surface area contributed by atoms with Crippen molar-refractivity contribution in [3.8, 4) is 0 Å². The number of piperazine rings is 1. The van der Waals surface area contributed by atoms with E-state index in [9.17, 15) is 14.4 Å². The number of hydrogen-bond acceptors (Lipinski definition) is 6. The molecule has 0 spiro atoms. The first-order chi connectivity index (χ1) is 14.5. The van der Waals surface area contributed by atoms with Crippen molar-refractivity contribution in [3.63, 3.8) is 0 Å². The highest BCUT2D eigenvalue weighted by atomic mass is 16.5. The SMILES string of the molecule is COC(=O)c1ccc(NC(=O)C(C)NC(=O)N2CCN(c3ccccn3)CC2)cc1. The molecule has 158 valence electrons. The van der Waals surface area contributed by atoms with Gasteiger partial charge in [-0.15, -0.1) is 0 Å². The average molecular weight is 411 g/mol. The molecule has 1 aliphatic rings. The molecule has 0 radical (unpaired) electrons. The number of urea groups is 1. The second kappa shape index (κ2) is 9.73. The quantitative estimate of drug-likeness (QED) is 0.727. The minimum atomic E-state index is -0.716. The molecule has 2 N–H and O–H groups in total. The summed E-state index contributed by atoms with van der Waals surface area (Å²) in [5, 5.41) is 5.45. The van der Waals surface area contributed by atoms with Gasteiger partial charge in [-0.25, -0.2) is 14.6 Å². The summed E-state index contributed by atoms with van der Waals surface area (Å²) in [6.07, 6.45) is 1.75. The van der Waals surface area contributed by atoms with E-state index in [1.807, 2.05) is 18.2 Å². The Labute approximate surface area is 175 Å². The van der Waals surface area contributed by atoms with Crippen molar-refractivity contribution in [2.75, 3.05) is 43.5 Å². The monoisotopic (exact) mass is 411 g/mol. The van der Waals surface area contributed by atoms with Crippen LogP contribution in [-0.4, -0.2) is 67.1 Å². The standard InChI is InChI=1S/C21H25N5O4/c1-15(19(27)24-17-8-6-16(7-9-17)20(28)30-2)23-21(29)26-13-11-25(12-14-26)18-5-3-4-10-22-18/h3-10,15H,11-14H2,1-2H3,(H,23,29)(H,24,27). The molecule has 9 nitrogen and oxygen atoms in total. The molecule has 1 aliphatic heterocycles. The Bertz CT molecular complexity index is 880. The lowest BCUT2D eigenvalue weighted by Crippen LogP contribution is -2.54. The second-order valence-electron chi connectivity index (χ2n) is 6.89. The van der Waals surface area contributed by atoms with E-state index in [-0.39, 0.29) is 11.9 Å². The second-order valence-corrected chi connectivity index (χ2v) is 6.89. The van der Waals surface area contributed by atoms with Gasteiger partial charge in [-0.3, -0.25) is 4.79 Å². The Hall–Kier alpha value is -3.62. The zero-order chi connectivity index (χ0) is 21.5. The Morgan fingerprint density at radius 2 is 1.73 bits per heavy atom. The number of pyridine rings is 1. The van der Waals surface area contributed by atoms with Gasteiger partial charge < -0.3 is 25.2 Å². The van der Waals surface area contributed by atoms with Crippen molar-refractivity contribution < 1.29 is 19.1 Å². The summed E-state index contributed by atoms with van der Waals surface area (Å²) in [6.45, 7) is 4.08. The number of hydrogen-bond donors (Lipinski definition) is 2. The van der Waals surface area contributed by atoms with Crippen LogP contribution in [0, 0.1) is 0 Å². The minimum Gasteiger partial charge on any atom is -0.465 e. The van der Waals surface area contributed by atoms with Crippen molar-refractivity contribution in [2.24, 2.45) is 0 Å². The molecular weight excluding hydrogens is 386 g/mol. The van der Waals surface area contributed by atoms with E-state index in [1.54, 1.807) is 42.3 Å². The Morgan fingerprint density at radius 1 is 1.03 bits per heavy atom. The first-order valence-electron chi connectivity index (χ1n) is 9.68. The highest BCUT2D eigenvalue weighted by Crippen LogP contribution is 2.13. The van der Waals surface area contributed by atoms with Crippen molar-refractivity contribution in [1.82, 2.24) is 15.2 Å². The molecule has 1 aromatic heterocycles.